The summed E-state index contributed by atoms with van der Waals surface area (Å²) in [5.74, 6) is 26.5. The van der Waals surface area contributed by atoms with Crippen LogP contribution in [0.5, 0.6) is 0 Å². The molecule has 2 nitrogen and oxygen atoms in total. The van der Waals surface area contributed by atoms with Crippen LogP contribution >= 0.6 is 0 Å². The van der Waals surface area contributed by atoms with Gasteiger partial charge in [0.15, 0.2) is 0 Å². The lowest BCUT2D eigenvalue weighted by Gasteiger charge is -2.19. The first-order valence-electron chi connectivity index (χ1n) is 14.5. The van der Waals surface area contributed by atoms with E-state index in [1.54, 1.807) is 0 Å². The smallest absolute Gasteiger partial charge is 0.0613 e. The summed E-state index contributed by atoms with van der Waals surface area (Å²) in [6.45, 7) is 4.62. The molecule has 4 aromatic rings. The van der Waals surface area contributed by atoms with E-state index in [1.807, 2.05) is 121 Å². The minimum atomic E-state index is 0.688. The van der Waals surface area contributed by atoms with Gasteiger partial charge in [0.25, 0.3) is 0 Å². The van der Waals surface area contributed by atoms with E-state index < -0.39 is 0 Å². The Morgan fingerprint density at radius 2 is 0.571 bits per heavy atom. The fourth-order valence-electron chi connectivity index (χ4n) is 4.20. The molecule has 0 saturated carbocycles. The van der Waals surface area contributed by atoms with Crippen LogP contribution in [0.4, 0.5) is 0 Å². The molecule has 0 aliphatic carbocycles. The minimum Gasteiger partial charge on any atom is -0.281 e. The van der Waals surface area contributed by atoms with Crippen LogP contribution in [0.2, 0.25) is 0 Å². The van der Waals surface area contributed by atoms with Gasteiger partial charge in [0.05, 0.1) is 26.2 Å². The van der Waals surface area contributed by atoms with Crippen molar-refractivity contribution in [2.75, 3.05) is 39.3 Å². The lowest BCUT2D eigenvalue weighted by molar-refractivity contribution is 0.301. The van der Waals surface area contributed by atoms with Gasteiger partial charge in [-0.3, -0.25) is 9.80 Å². The molecule has 0 amide bonds. The molecule has 0 atom stereocenters. The molecule has 0 heterocycles. The number of nitrogens with zero attached hydrogens (tertiary/aromatic N) is 2. The first-order chi connectivity index (χ1) is 20.8. The van der Waals surface area contributed by atoms with Crippen LogP contribution in [-0.4, -0.2) is 49.1 Å². The highest BCUT2D eigenvalue weighted by Gasteiger charge is 2.05. The van der Waals surface area contributed by atoms with Crippen LogP contribution in [0, 0.1) is 47.4 Å². The van der Waals surface area contributed by atoms with E-state index in [4.69, 9.17) is 0 Å². The Hall–Kier alpha value is -4.96. The van der Waals surface area contributed by atoms with E-state index in [2.05, 4.69) is 57.2 Å². The molecule has 0 aliphatic heterocycles. The van der Waals surface area contributed by atoms with Crippen LogP contribution in [0.3, 0.4) is 0 Å². The molecule has 42 heavy (non-hydrogen) atoms. The van der Waals surface area contributed by atoms with Crippen molar-refractivity contribution in [1.29, 1.82) is 0 Å². The van der Waals surface area contributed by atoms with E-state index in [1.165, 1.54) is 0 Å². The second-order valence-electron chi connectivity index (χ2n) is 9.80. The molecule has 0 fully saturated rings. The van der Waals surface area contributed by atoms with Crippen LogP contribution in [-0.2, 0) is 0 Å². The second-order valence-corrected chi connectivity index (χ2v) is 9.80. The average Bonchev–Trinajstić information content (AvgIpc) is 3.04. The van der Waals surface area contributed by atoms with Gasteiger partial charge in [0.1, 0.15) is 0 Å². The zero-order valence-corrected chi connectivity index (χ0v) is 24.1. The van der Waals surface area contributed by atoms with Crippen LogP contribution in [0.25, 0.3) is 0 Å². The maximum atomic E-state index is 3.35. The first kappa shape index (κ1) is 30.0. The van der Waals surface area contributed by atoms with Gasteiger partial charge < -0.3 is 0 Å². The van der Waals surface area contributed by atoms with E-state index in [0.717, 1.165) is 48.2 Å². The Balaban J connectivity index is 1.34. The van der Waals surface area contributed by atoms with Crippen molar-refractivity contribution < 1.29 is 0 Å². The lowest BCUT2D eigenvalue weighted by atomic mass is 10.2. The molecule has 0 unspecified atom stereocenters. The second kappa shape index (κ2) is 18.4. The summed E-state index contributed by atoms with van der Waals surface area (Å²) < 4.78 is 0. The zero-order chi connectivity index (χ0) is 28.9. The predicted octanol–water partition coefficient (Wildman–Crippen LogP) is 6.58. The van der Waals surface area contributed by atoms with Crippen molar-refractivity contribution in [3.63, 3.8) is 0 Å². The summed E-state index contributed by atoms with van der Waals surface area (Å²) >= 11 is 0. The molecular weight excluding hydrogens is 508 g/mol. The fraction of sp³-hybridized carbons (Fsp3) is 0.200. The SMILES string of the molecule is C(#Cc1ccccc1)CN(CC#Cc1ccccc1)CCCCN(CC#Cc1ccccc1)CC#Cc1ccccc1. The van der Waals surface area contributed by atoms with Gasteiger partial charge in [0, 0.05) is 35.3 Å². The lowest BCUT2D eigenvalue weighted by Crippen LogP contribution is -2.29. The highest BCUT2D eigenvalue weighted by molar-refractivity contribution is 5.36. The normalized spacial score (nSPS) is 9.86. The number of unbranched alkanes of at least 4 members (excludes halogenated alkanes) is 1. The predicted molar refractivity (Wildman–Crippen MR) is 175 cm³/mol. The van der Waals surface area contributed by atoms with E-state index in [0.29, 0.717) is 26.2 Å². The van der Waals surface area contributed by atoms with Crippen molar-refractivity contribution in [2.45, 2.75) is 12.8 Å². The summed E-state index contributed by atoms with van der Waals surface area (Å²) in [5, 5.41) is 0. The molecular formula is C40H36N2. The molecule has 206 valence electrons. The summed E-state index contributed by atoms with van der Waals surface area (Å²) in [7, 11) is 0. The molecule has 0 spiro atoms. The van der Waals surface area contributed by atoms with E-state index >= 15 is 0 Å². The summed E-state index contributed by atoms with van der Waals surface area (Å²) in [6, 6.07) is 40.6. The molecule has 0 N–H and O–H groups in total. The number of hydrogen-bond acceptors (Lipinski definition) is 2. The largest absolute Gasteiger partial charge is 0.281 e. The van der Waals surface area contributed by atoms with E-state index in [9.17, 15) is 0 Å². The Morgan fingerprint density at radius 3 is 0.810 bits per heavy atom. The maximum absolute atomic E-state index is 3.35. The van der Waals surface area contributed by atoms with Gasteiger partial charge in [-0.15, -0.1) is 0 Å². The Labute approximate surface area is 252 Å². The summed E-state index contributed by atoms with van der Waals surface area (Å²) in [5.41, 5.74) is 4.15. The molecule has 0 aromatic heterocycles. The van der Waals surface area contributed by atoms with Crippen LogP contribution in [0.15, 0.2) is 121 Å². The topological polar surface area (TPSA) is 6.48 Å². The maximum Gasteiger partial charge on any atom is 0.0613 e. The van der Waals surface area contributed by atoms with Gasteiger partial charge in [-0.2, -0.15) is 0 Å². The van der Waals surface area contributed by atoms with E-state index in [-0.39, 0.29) is 0 Å². The molecule has 0 radical (unpaired) electrons. The third-order valence-corrected chi connectivity index (χ3v) is 6.44. The van der Waals surface area contributed by atoms with Gasteiger partial charge in [-0.25, -0.2) is 0 Å². The number of rotatable bonds is 9. The highest BCUT2D eigenvalue weighted by atomic mass is 15.1. The van der Waals surface area contributed by atoms with Gasteiger partial charge in [-0.1, -0.05) is 120 Å². The molecule has 2 heteroatoms. The standard InChI is InChI=1S/C40H36N2/c1-5-19-37(20-6-1)27-15-33-41(34-16-28-38-21-7-2-8-22-38)31-13-14-32-42(35-17-29-39-23-9-3-10-24-39)36-18-30-40-25-11-4-12-26-40/h1-12,19-26H,13-14,31-36H2. The van der Waals surface area contributed by atoms with Crippen LogP contribution < -0.4 is 0 Å². The fourth-order valence-corrected chi connectivity index (χ4v) is 4.20. The monoisotopic (exact) mass is 544 g/mol. The van der Waals surface area contributed by atoms with Crippen molar-refractivity contribution in [3.05, 3.63) is 144 Å². The Kier molecular flexibility index (Phi) is 13.1. The average molecular weight is 545 g/mol. The van der Waals surface area contributed by atoms with Gasteiger partial charge >= 0.3 is 0 Å². The third kappa shape index (κ3) is 12.1. The van der Waals surface area contributed by atoms with Gasteiger partial charge in [0.2, 0.25) is 0 Å². The Morgan fingerprint density at radius 1 is 0.333 bits per heavy atom. The first-order valence-corrected chi connectivity index (χ1v) is 14.5. The molecule has 0 aliphatic rings. The van der Waals surface area contributed by atoms with Crippen molar-refractivity contribution >= 4 is 0 Å². The van der Waals surface area contributed by atoms with Crippen LogP contribution in [0.1, 0.15) is 35.1 Å². The summed E-state index contributed by atoms with van der Waals surface area (Å²) in [6.07, 6.45) is 2.10. The molecule has 4 aromatic carbocycles. The molecule has 0 bridgehead atoms. The van der Waals surface area contributed by atoms with Crippen molar-refractivity contribution in [1.82, 2.24) is 9.80 Å². The van der Waals surface area contributed by atoms with Crippen molar-refractivity contribution in [2.24, 2.45) is 0 Å². The minimum absolute atomic E-state index is 0.688. The third-order valence-electron chi connectivity index (χ3n) is 6.44. The molecule has 0 saturated heterocycles. The molecule has 4 rings (SSSR count). The number of hydrogen-bond donors (Lipinski definition) is 0. The van der Waals surface area contributed by atoms with Gasteiger partial charge in [-0.05, 0) is 61.4 Å². The highest BCUT2D eigenvalue weighted by Crippen LogP contribution is 2.02. The number of benzene rings is 4. The Bertz CT molecular complexity index is 1340. The summed E-state index contributed by atoms with van der Waals surface area (Å²) in [4.78, 5) is 4.67. The van der Waals surface area contributed by atoms with Crippen molar-refractivity contribution in [3.8, 4) is 47.4 Å². The zero-order valence-electron chi connectivity index (χ0n) is 24.1. The quantitative estimate of drug-likeness (QED) is 0.174.